The zero-order valence-electron chi connectivity index (χ0n) is 18.5. The van der Waals surface area contributed by atoms with Crippen LogP contribution in [-0.2, 0) is 43.2 Å². The van der Waals surface area contributed by atoms with Crippen LogP contribution >= 0.6 is 0 Å². The summed E-state index contributed by atoms with van der Waals surface area (Å²) in [6.45, 7) is 0.978. The third kappa shape index (κ3) is 12.5. The average molecular weight is 520 g/mol. The topological polar surface area (TPSA) is 303 Å². The molecule has 9 N–H and O–H groups in total. The van der Waals surface area contributed by atoms with Crippen LogP contribution < -0.4 is 21.3 Å². The van der Waals surface area contributed by atoms with Crippen molar-refractivity contribution in [2.45, 2.75) is 56.8 Å². The van der Waals surface area contributed by atoms with E-state index < -0.39 is 103 Å². The van der Waals surface area contributed by atoms with Gasteiger partial charge in [-0.2, -0.15) is 0 Å². The summed E-state index contributed by atoms with van der Waals surface area (Å²) in [5, 5.41) is 52.3. The summed E-state index contributed by atoms with van der Waals surface area (Å²) in [5.74, 6) is -12.9. The van der Waals surface area contributed by atoms with E-state index in [1.807, 2.05) is 10.6 Å². The second-order valence-electron chi connectivity index (χ2n) is 7.18. The van der Waals surface area contributed by atoms with Crippen LogP contribution in [0.2, 0.25) is 0 Å². The van der Waals surface area contributed by atoms with E-state index in [2.05, 4.69) is 0 Å². The maximum atomic E-state index is 12.1. The van der Waals surface area contributed by atoms with E-state index in [4.69, 9.17) is 15.3 Å². The number of amides is 4. The van der Waals surface area contributed by atoms with E-state index in [1.54, 1.807) is 10.6 Å². The van der Waals surface area contributed by atoms with Crippen molar-refractivity contribution in [3.05, 3.63) is 0 Å². The highest BCUT2D eigenvalue weighted by Crippen LogP contribution is 2.02. The summed E-state index contributed by atoms with van der Waals surface area (Å²) in [7, 11) is 0. The lowest BCUT2D eigenvalue weighted by Gasteiger charge is -2.19. The standard InChI is InChI=1S/C18H24N4O14/c1-6(23)19-7(15(29)30)2-11(24)20-8(16(31)32)3-12(25)21-9(17(33)34)4-13(26)22-10(18(35)36)5-14(27)28/h7-10H,2-5H2,1H3,(H,19,23)(H,20,24)(H,21,25)(H,22,26)(H,27,28)(H,29,30)(H,31,32)(H,33,34)(H,35,36). The Balaban J connectivity index is 5.18. The second-order valence-corrected chi connectivity index (χ2v) is 7.18. The number of hydrogen-bond acceptors (Lipinski definition) is 9. The van der Waals surface area contributed by atoms with Crippen molar-refractivity contribution in [3.63, 3.8) is 0 Å². The molecule has 0 radical (unpaired) electrons. The summed E-state index contributed by atoms with van der Waals surface area (Å²) >= 11 is 0. The van der Waals surface area contributed by atoms with Crippen LogP contribution in [0.5, 0.6) is 0 Å². The molecule has 0 fully saturated rings. The van der Waals surface area contributed by atoms with Crippen molar-refractivity contribution < 1.29 is 68.7 Å². The van der Waals surface area contributed by atoms with Crippen molar-refractivity contribution in [3.8, 4) is 0 Å². The quantitative estimate of drug-likeness (QED) is 0.0935. The van der Waals surface area contributed by atoms with E-state index in [0.29, 0.717) is 0 Å². The van der Waals surface area contributed by atoms with Crippen LogP contribution in [-0.4, -0.2) is 103 Å². The van der Waals surface area contributed by atoms with E-state index in [0.717, 1.165) is 6.92 Å². The zero-order valence-corrected chi connectivity index (χ0v) is 18.5. The summed E-state index contributed by atoms with van der Waals surface area (Å²) in [5.41, 5.74) is 0. The molecule has 0 aliphatic carbocycles. The fourth-order valence-corrected chi connectivity index (χ4v) is 2.54. The third-order valence-corrected chi connectivity index (χ3v) is 4.12. The Morgan fingerprint density at radius 1 is 0.472 bits per heavy atom. The Hall–Kier alpha value is -4.77. The molecule has 4 amide bonds. The molecule has 0 saturated heterocycles. The number of carboxylic acid groups (broad SMARTS) is 5. The molecule has 18 heteroatoms. The number of nitrogens with one attached hydrogen (secondary N) is 4. The molecule has 0 heterocycles. The molecule has 18 nitrogen and oxygen atoms in total. The lowest BCUT2D eigenvalue weighted by molar-refractivity contribution is -0.148. The monoisotopic (exact) mass is 520 g/mol. The van der Waals surface area contributed by atoms with Crippen molar-refractivity contribution in [1.82, 2.24) is 21.3 Å². The van der Waals surface area contributed by atoms with Gasteiger partial charge >= 0.3 is 29.8 Å². The van der Waals surface area contributed by atoms with Crippen molar-refractivity contribution in [2.24, 2.45) is 0 Å². The summed E-state index contributed by atoms with van der Waals surface area (Å²) in [6, 6.07) is -7.53. The molecular formula is C18H24N4O14. The van der Waals surface area contributed by atoms with Crippen LogP contribution in [0.1, 0.15) is 32.6 Å². The number of carboxylic acids is 5. The molecule has 0 spiro atoms. The molecule has 0 aliphatic rings. The summed E-state index contributed by atoms with van der Waals surface area (Å²) < 4.78 is 0. The van der Waals surface area contributed by atoms with Crippen molar-refractivity contribution in [1.29, 1.82) is 0 Å². The average Bonchev–Trinajstić information content (AvgIpc) is 2.70. The lowest BCUT2D eigenvalue weighted by atomic mass is 10.1. The molecule has 0 aliphatic heterocycles. The minimum atomic E-state index is -1.99. The molecule has 200 valence electrons. The first-order valence-corrected chi connectivity index (χ1v) is 9.81. The first-order chi connectivity index (χ1) is 16.5. The van der Waals surface area contributed by atoms with E-state index >= 15 is 0 Å². The molecule has 4 unspecified atom stereocenters. The number of rotatable bonds is 16. The molecule has 0 rings (SSSR count). The lowest BCUT2D eigenvalue weighted by Crippen LogP contribution is -2.51. The number of carbonyl (C=O) groups excluding carboxylic acids is 4. The molecule has 0 aromatic heterocycles. The van der Waals surface area contributed by atoms with Gasteiger partial charge < -0.3 is 46.8 Å². The first-order valence-electron chi connectivity index (χ1n) is 9.81. The Morgan fingerprint density at radius 3 is 0.944 bits per heavy atom. The first kappa shape index (κ1) is 31.2. The molecular weight excluding hydrogens is 496 g/mol. The highest BCUT2D eigenvalue weighted by molar-refractivity contribution is 5.94. The Bertz CT molecular complexity index is 861. The van der Waals surface area contributed by atoms with Gasteiger partial charge in [-0.05, 0) is 0 Å². The molecule has 4 atom stereocenters. The zero-order chi connectivity index (χ0) is 28.2. The molecule has 0 aromatic rings. The molecule has 0 bridgehead atoms. The fourth-order valence-electron chi connectivity index (χ4n) is 2.54. The minimum absolute atomic E-state index is 0.786. The van der Waals surface area contributed by atoms with Gasteiger partial charge in [0.25, 0.3) is 0 Å². The van der Waals surface area contributed by atoms with Gasteiger partial charge in [0.1, 0.15) is 24.2 Å². The van der Waals surface area contributed by atoms with Crippen LogP contribution in [0.15, 0.2) is 0 Å². The van der Waals surface area contributed by atoms with Gasteiger partial charge in [-0.1, -0.05) is 0 Å². The summed E-state index contributed by atoms with van der Waals surface area (Å²) in [6.07, 6.45) is -4.01. The SMILES string of the molecule is CC(=O)NC(CC(=O)NC(CC(=O)NC(CC(=O)NC(CC(=O)O)C(=O)O)C(=O)O)C(=O)O)C(=O)O. The van der Waals surface area contributed by atoms with E-state index in [1.165, 1.54) is 0 Å². The van der Waals surface area contributed by atoms with Gasteiger partial charge in [0.2, 0.25) is 23.6 Å². The highest BCUT2D eigenvalue weighted by Gasteiger charge is 2.31. The van der Waals surface area contributed by atoms with Crippen molar-refractivity contribution >= 4 is 53.5 Å². The molecule has 0 saturated carbocycles. The molecule has 36 heavy (non-hydrogen) atoms. The van der Waals surface area contributed by atoms with Gasteiger partial charge in [0.05, 0.1) is 25.7 Å². The van der Waals surface area contributed by atoms with E-state index in [-0.39, 0.29) is 0 Å². The predicted octanol–water partition coefficient (Wildman–Crippen LogP) is -4.07. The van der Waals surface area contributed by atoms with Crippen molar-refractivity contribution in [2.75, 3.05) is 0 Å². The largest absolute Gasteiger partial charge is 0.481 e. The van der Waals surface area contributed by atoms with Gasteiger partial charge in [-0.25, -0.2) is 19.2 Å². The van der Waals surface area contributed by atoms with Gasteiger partial charge in [0.15, 0.2) is 0 Å². The molecule has 0 aromatic carbocycles. The summed E-state index contributed by atoms with van der Waals surface area (Å²) in [4.78, 5) is 103. The predicted molar refractivity (Wildman–Crippen MR) is 110 cm³/mol. The number of carbonyl (C=O) groups is 9. The van der Waals surface area contributed by atoms with Crippen LogP contribution in [0.4, 0.5) is 0 Å². The minimum Gasteiger partial charge on any atom is -0.481 e. The van der Waals surface area contributed by atoms with E-state index in [9.17, 15) is 53.4 Å². The van der Waals surface area contributed by atoms with Crippen LogP contribution in [0, 0.1) is 0 Å². The Labute approximate surface area is 201 Å². The van der Waals surface area contributed by atoms with Gasteiger partial charge in [-0.3, -0.25) is 24.0 Å². The smallest absolute Gasteiger partial charge is 0.326 e. The fraction of sp³-hybridized carbons (Fsp3) is 0.500. The Morgan fingerprint density at radius 2 is 0.722 bits per heavy atom. The number of aliphatic carboxylic acids is 5. The Kier molecular flexibility index (Phi) is 12.6. The highest BCUT2D eigenvalue weighted by atomic mass is 16.4. The second kappa shape index (κ2) is 14.5. The van der Waals surface area contributed by atoms with Crippen LogP contribution in [0.3, 0.4) is 0 Å². The van der Waals surface area contributed by atoms with Gasteiger partial charge in [0, 0.05) is 6.92 Å². The maximum absolute atomic E-state index is 12.1. The maximum Gasteiger partial charge on any atom is 0.326 e. The van der Waals surface area contributed by atoms with Gasteiger partial charge in [-0.15, -0.1) is 0 Å². The number of hydrogen-bond donors (Lipinski definition) is 9. The third-order valence-electron chi connectivity index (χ3n) is 4.12. The normalized spacial score (nSPS) is 13.6. The van der Waals surface area contributed by atoms with Crippen LogP contribution in [0.25, 0.3) is 0 Å².